The van der Waals surface area contributed by atoms with E-state index >= 15 is 0 Å². The van der Waals surface area contributed by atoms with Gasteiger partial charge in [0.05, 0.1) is 18.6 Å². The van der Waals surface area contributed by atoms with Gasteiger partial charge in [0.2, 0.25) is 0 Å². The second-order valence-corrected chi connectivity index (χ2v) is 6.93. The monoisotopic (exact) mass is 376 g/mol. The molecule has 2 fully saturated rings. The summed E-state index contributed by atoms with van der Waals surface area (Å²) in [6.07, 6.45) is -1.50. The third-order valence-electron chi connectivity index (χ3n) is 5.15. The molecule has 0 N–H and O–H groups in total. The quantitative estimate of drug-likeness (QED) is 0.515. The van der Waals surface area contributed by atoms with Crippen molar-refractivity contribution in [2.24, 2.45) is 17.3 Å². The summed E-state index contributed by atoms with van der Waals surface area (Å²) in [5, 5.41) is 0. The van der Waals surface area contributed by atoms with E-state index in [1.807, 2.05) is 0 Å². The van der Waals surface area contributed by atoms with Crippen molar-refractivity contribution in [2.45, 2.75) is 51.3 Å². The maximum atomic E-state index is 12.3. The molecule has 5 heteroatoms. The van der Waals surface area contributed by atoms with Crippen LogP contribution < -0.4 is 0 Å². The molecule has 3 atom stereocenters. The smallest absolute Gasteiger partial charge is 0.373 e. The summed E-state index contributed by atoms with van der Waals surface area (Å²) in [7, 11) is 0. The fourth-order valence-corrected chi connectivity index (χ4v) is 5.73. The first-order chi connectivity index (χ1) is 8.23. The molecule has 1 nitrogen and oxygen atoms in total. The first kappa shape index (κ1) is 14.9. The van der Waals surface area contributed by atoms with E-state index in [4.69, 9.17) is 4.74 Å². The first-order valence-electron chi connectivity index (χ1n) is 6.49. The van der Waals surface area contributed by atoms with Gasteiger partial charge in [-0.2, -0.15) is 13.2 Å². The van der Waals surface area contributed by atoms with Crippen molar-refractivity contribution in [3.63, 3.8) is 0 Å². The topological polar surface area (TPSA) is 9.23 Å². The molecule has 3 unspecified atom stereocenters. The van der Waals surface area contributed by atoms with Gasteiger partial charge < -0.3 is 4.74 Å². The molecule has 0 amide bonds. The molecule has 18 heavy (non-hydrogen) atoms. The fourth-order valence-electron chi connectivity index (χ4n) is 3.90. The maximum Gasteiger partial charge on any atom is 0.391 e. The van der Waals surface area contributed by atoms with Crippen LogP contribution in [0.1, 0.15) is 39.5 Å². The summed E-state index contributed by atoms with van der Waals surface area (Å²) >= 11 is 2.28. The van der Waals surface area contributed by atoms with Gasteiger partial charge in [-0.15, -0.1) is 0 Å². The van der Waals surface area contributed by atoms with Crippen LogP contribution in [-0.4, -0.2) is 22.8 Å². The number of alkyl halides is 4. The highest BCUT2D eigenvalue weighted by atomic mass is 127. The summed E-state index contributed by atoms with van der Waals surface area (Å²) in [5.74, 6) is 1.06. The van der Waals surface area contributed by atoms with Crippen LogP contribution in [0.3, 0.4) is 0 Å². The highest BCUT2D eigenvalue weighted by Crippen LogP contribution is 2.63. The minimum atomic E-state index is -4.12. The van der Waals surface area contributed by atoms with E-state index in [9.17, 15) is 13.2 Å². The molecule has 0 aromatic heterocycles. The molecule has 0 aliphatic heterocycles. The van der Waals surface area contributed by atoms with E-state index in [0.717, 1.165) is 17.3 Å². The Kier molecular flexibility index (Phi) is 3.96. The molecule has 2 aliphatic rings. The Bertz CT molecular complexity index is 316. The van der Waals surface area contributed by atoms with Crippen molar-refractivity contribution in [3.8, 4) is 0 Å². The fraction of sp³-hybridized carbons (Fsp3) is 1.00. The molecule has 2 aliphatic carbocycles. The lowest BCUT2D eigenvalue weighted by atomic mass is 9.66. The Morgan fingerprint density at radius 1 is 1.22 bits per heavy atom. The van der Waals surface area contributed by atoms with Gasteiger partial charge >= 0.3 is 6.18 Å². The van der Waals surface area contributed by atoms with Gasteiger partial charge in [-0.25, -0.2) is 0 Å². The lowest BCUT2D eigenvalue weighted by molar-refractivity contribution is -0.181. The standard InChI is InChI=1S/C13H20F3IO/c1-11(2)9-3-4-10(7-9)12(11,8-17)18-6-5-13(14,15)16/h9-10H,3-8H2,1-2H3. The molecule has 0 heterocycles. The zero-order valence-electron chi connectivity index (χ0n) is 10.8. The molecule has 0 saturated heterocycles. The number of hydrogen-bond acceptors (Lipinski definition) is 1. The molecule has 0 spiro atoms. The van der Waals surface area contributed by atoms with Crippen molar-refractivity contribution >= 4 is 22.6 Å². The largest absolute Gasteiger partial charge is 0.391 e. The van der Waals surface area contributed by atoms with Gasteiger partial charge in [-0.05, 0) is 36.5 Å². The Morgan fingerprint density at radius 2 is 1.83 bits per heavy atom. The maximum absolute atomic E-state index is 12.3. The van der Waals surface area contributed by atoms with Gasteiger partial charge in [0.25, 0.3) is 0 Å². The van der Waals surface area contributed by atoms with Crippen molar-refractivity contribution < 1.29 is 17.9 Å². The molecule has 0 aromatic carbocycles. The average molecular weight is 376 g/mol. The van der Waals surface area contributed by atoms with Crippen LogP contribution in [0, 0.1) is 17.3 Å². The summed E-state index contributed by atoms with van der Waals surface area (Å²) in [6, 6.07) is 0. The number of hydrogen-bond donors (Lipinski definition) is 0. The van der Waals surface area contributed by atoms with E-state index in [-0.39, 0.29) is 17.6 Å². The number of fused-ring (bicyclic) bond motifs is 2. The predicted octanol–water partition coefficient (Wildman–Crippen LogP) is 4.59. The second kappa shape index (κ2) is 4.79. The lowest BCUT2D eigenvalue weighted by Crippen LogP contribution is -2.53. The molecular weight excluding hydrogens is 356 g/mol. The van der Waals surface area contributed by atoms with E-state index in [2.05, 4.69) is 36.4 Å². The summed E-state index contributed by atoms with van der Waals surface area (Å²) in [5.41, 5.74) is -0.343. The van der Waals surface area contributed by atoms with Crippen LogP contribution in [0.15, 0.2) is 0 Å². The molecule has 0 radical (unpaired) electrons. The van der Waals surface area contributed by atoms with Gasteiger partial charge in [0.1, 0.15) is 0 Å². The average Bonchev–Trinajstić information content (AvgIpc) is 2.78. The zero-order chi connectivity index (χ0) is 13.6. The number of halogens is 4. The summed E-state index contributed by atoms with van der Waals surface area (Å²) in [4.78, 5) is 0. The third kappa shape index (κ3) is 2.30. The van der Waals surface area contributed by atoms with Crippen LogP contribution in [0.25, 0.3) is 0 Å². The van der Waals surface area contributed by atoms with E-state index in [1.165, 1.54) is 6.42 Å². The normalized spacial score (nSPS) is 38.3. The zero-order valence-corrected chi connectivity index (χ0v) is 13.0. The molecule has 2 bridgehead atoms. The Balaban J connectivity index is 2.07. The molecular formula is C13H20F3IO. The van der Waals surface area contributed by atoms with Crippen LogP contribution in [-0.2, 0) is 4.74 Å². The van der Waals surface area contributed by atoms with Crippen molar-refractivity contribution in [1.29, 1.82) is 0 Å². The first-order valence-corrected chi connectivity index (χ1v) is 8.02. The van der Waals surface area contributed by atoms with Crippen LogP contribution >= 0.6 is 22.6 Å². The lowest BCUT2D eigenvalue weighted by Gasteiger charge is -2.49. The Labute approximate surface area is 120 Å². The van der Waals surface area contributed by atoms with Crippen LogP contribution in [0.5, 0.6) is 0 Å². The number of rotatable bonds is 4. The minimum absolute atomic E-state index is 0.00268. The Hall–Kier alpha value is 0.480. The van der Waals surface area contributed by atoms with Crippen molar-refractivity contribution in [2.75, 3.05) is 11.0 Å². The van der Waals surface area contributed by atoms with Crippen LogP contribution in [0.2, 0.25) is 0 Å². The molecule has 0 aromatic rings. The summed E-state index contributed by atoms with van der Waals surface area (Å²) in [6.45, 7) is 4.14. The van der Waals surface area contributed by atoms with E-state index in [1.54, 1.807) is 0 Å². The highest BCUT2D eigenvalue weighted by molar-refractivity contribution is 14.1. The van der Waals surface area contributed by atoms with Crippen molar-refractivity contribution in [1.82, 2.24) is 0 Å². The molecule has 106 valence electrons. The molecule has 2 saturated carbocycles. The van der Waals surface area contributed by atoms with Crippen LogP contribution in [0.4, 0.5) is 13.2 Å². The van der Waals surface area contributed by atoms with Gasteiger partial charge in [0, 0.05) is 4.43 Å². The summed E-state index contributed by atoms with van der Waals surface area (Å²) < 4.78 is 43.4. The van der Waals surface area contributed by atoms with Gasteiger partial charge in [0.15, 0.2) is 0 Å². The Morgan fingerprint density at radius 3 is 2.28 bits per heavy atom. The second-order valence-electron chi connectivity index (χ2n) is 6.17. The molecule has 2 rings (SSSR count). The third-order valence-corrected chi connectivity index (χ3v) is 6.28. The van der Waals surface area contributed by atoms with E-state index < -0.39 is 12.6 Å². The number of ether oxygens (including phenoxy) is 1. The minimum Gasteiger partial charge on any atom is -0.373 e. The van der Waals surface area contributed by atoms with Crippen molar-refractivity contribution in [3.05, 3.63) is 0 Å². The van der Waals surface area contributed by atoms with E-state index in [0.29, 0.717) is 11.8 Å². The highest BCUT2D eigenvalue weighted by Gasteiger charge is 2.63. The predicted molar refractivity (Wildman–Crippen MR) is 72.9 cm³/mol. The van der Waals surface area contributed by atoms with Gasteiger partial charge in [-0.3, -0.25) is 0 Å². The SMILES string of the molecule is CC1(C)C2CCC(C2)C1(CI)OCCC(F)(F)F. The van der Waals surface area contributed by atoms with Gasteiger partial charge in [-0.1, -0.05) is 36.4 Å².